The molecule has 0 aliphatic heterocycles. The van der Waals surface area contributed by atoms with Gasteiger partial charge in [0.05, 0.1) is 30.0 Å². The van der Waals surface area contributed by atoms with E-state index in [0.717, 1.165) is 10.9 Å². The molecule has 1 aromatic carbocycles. The first kappa shape index (κ1) is 16.5. The highest BCUT2D eigenvalue weighted by atomic mass is 16.5. The second-order valence-electron chi connectivity index (χ2n) is 5.31. The number of rotatable bonds is 5. The van der Waals surface area contributed by atoms with Gasteiger partial charge >= 0.3 is 6.09 Å². The summed E-state index contributed by atoms with van der Waals surface area (Å²) in [5, 5.41) is 6.49. The van der Waals surface area contributed by atoms with Gasteiger partial charge in [-0.2, -0.15) is 0 Å². The number of carbonyl (C=O) groups is 2. The van der Waals surface area contributed by atoms with Gasteiger partial charge in [-0.05, 0) is 31.2 Å². The molecule has 0 aliphatic carbocycles. The summed E-state index contributed by atoms with van der Waals surface area (Å²) in [5.74, 6) is -0.248. The van der Waals surface area contributed by atoms with Crippen LogP contribution in [0.15, 0.2) is 48.8 Å². The van der Waals surface area contributed by atoms with Crippen LogP contribution in [0, 0.1) is 0 Å². The van der Waals surface area contributed by atoms with E-state index in [9.17, 15) is 9.59 Å². The number of aromatic nitrogens is 2. The highest BCUT2D eigenvalue weighted by molar-refractivity contribution is 6.08. The number of carbonyl (C=O) groups excluding carboxylic acids is 2. The Morgan fingerprint density at radius 3 is 2.96 bits per heavy atom. The first-order chi connectivity index (χ1) is 12.2. The zero-order valence-electron chi connectivity index (χ0n) is 13.7. The summed E-state index contributed by atoms with van der Waals surface area (Å²) in [4.78, 5) is 31.1. The molecule has 2 aromatic heterocycles. The third kappa shape index (κ3) is 3.95. The van der Waals surface area contributed by atoms with Crippen LogP contribution in [0.4, 0.5) is 10.5 Å². The molecule has 7 nitrogen and oxygen atoms in total. The summed E-state index contributed by atoms with van der Waals surface area (Å²) in [6.45, 7) is 2.21. The first-order valence-electron chi connectivity index (χ1n) is 7.90. The van der Waals surface area contributed by atoms with Crippen molar-refractivity contribution < 1.29 is 14.3 Å². The topological polar surface area (TPSA) is 96.1 Å². The lowest BCUT2D eigenvalue weighted by Crippen LogP contribution is -2.24. The monoisotopic (exact) mass is 338 g/mol. The van der Waals surface area contributed by atoms with Crippen LogP contribution in [0.5, 0.6) is 0 Å². The van der Waals surface area contributed by atoms with Gasteiger partial charge in [0.1, 0.15) is 0 Å². The van der Waals surface area contributed by atoms with Crippen molar-refractivity contribution in [3.05, 3.63) is 60.0 Å². The number of ether oxygens (including phenoxy) is 1. The summed E-state index contributed by atoms with van der Waals surface area (Å²) >= 11 is 0. The molecule has 0 saturated carbocycles. The summed E-state index contributed by atoms with van der Waals surface area (Å²) in [5.41, 5.74) is 2.60. The van der Waals surface area contributed by atoms with Crippen molar-refractivity contribution in [2.75, 3.05) is 11.9 Å². The molecule has 3 rings (SSSR count). The third-order valence-electron chi connectivity index (χ3n) is 3.60. The van der Waals surface area contributed by atoms with Crippen LogP contribution < -0.4 is 10.6 Å². The number of fused-ring (bicyclic) bond motifs is 1. The van der Waals surface area contributed by atoms with E-state index in [-0.39, 0.29) is 12.5 Å². The number of nitrogens with one attached hydrogen (secondary N) is 3. The maximum atomic E-state index is 12.5. The maximum Gasteiger partial charge on any atom is 0.407 e. The van der Waals surface area contributed by atoms with Gasteiger partial charge < -0.3 is 20.4 Å². The molecule has 3 aromatic rings. The molecule has 0 aliphatic rings. The van der Waals surface area contributed by atoms with Crippen LogP contribution in [-0.2, 0) is 11.3 Å². The number of hydrogen-bond donors (Lipinski definition) is 3. The average molecular weight is 338 g/mol. The van der Waals surface area contributed by atoms with Crippen molar-refractivity contribution in [3.8, 4) is 0 Å². The van der Waals surface area contributed by atoms with E-state index in [0.29, 0.717) is 23.6 Å². The van der Waals surface area contributed by atoms with Crippen LogP contribution >= 0.6 is 0 Å². The number of alkyl carbamates (subject to hydrolysis) is 1. The Morgan fingerprint density at radius 1 is 1.24 bits per heavy atom. The van der Waals surface area contributed by atoms with Crippen LogP contribution in [-0.4, -0.2) is 28.6 Å². The smallest absolute Gasteiger partial charge is 0.407 e. The minimum absolute atomic E-state index is 0.187. The predicted molar refractivity (Wildman–Crippen MR) is 94.4 cm³/mol. The number of hydrogen-bond acceptors (Lipinski definition) is 4. The normalized spacial score (nSPS) is 10.4. The van der Waals surface area contributed by atoms with Crippen LogP contribution in [0.25, 0.3) is 10.9 Å². The fourth-order valence-electron chi connectivity index (χ4n) is 2.44. The Kier molecular flexibility index (Phi) is 4.94. The number of aromatic amines is 1. The summed E-state index contributed by atoms with van der Waals surface area (Å²) in [6.07, 6.45) is 2.84. The van der Waals surface area contributed by atoms with Crippen molar-refractivity contribution in [2.24, 2.45) is 0 Å². The Bertz CT molecular complexity index is 904. The molecule has 3 N–H and O–H groups in total. The van der Waals surface area contributed by atoms with Crippen molar-refractivity contribution >= 4 is 28.6 Å². The van der Waals surface area contributed by atoms with E-state index >= 15 is 0 Å². The van der Waals surface area contributed by atoms with Gasteiger partial charge in [-0.1, -0.05) is 12.1 Å². The molecule has 0 radical (unpaired) electrons. The van der Waals surface area contributed by atoms with Gasteiger partial charge in [0.15, 0.2) is 0 Å². The quantitative estimate of drug-likeness (QED) is 0.666. The van der Waals surface area contributed by atoms with Gasteiger partial charge in [-0.15, -0.1) is 0 Å². The SMILES string of the molecule is CCOC(=O)NCc1cc(C(=O)Nc2cccc3cc[nH]c23)ccn1. The molecule has 0 saturated heterocycles. The lowest BCUT2D eigenvalue weighted by atomic mass is 10.2. The van der Waals surface area contributed by atoms with E-state index in [4.69, 9.17) is 4.74 Å². The molecule has 0 atom stereocenters. The Labute approximate surface area is 144 Å². The van der Waals surface area contributed by atoms with Gasteiger partial charge in [-0.3, -0.25) is 9.78 Å². The Hall–Kier alpha value is -3.35. The molecule has 0 bridgehead atoms. The molecule has 128 valence electrons. The standard InChI is InChI=1S/C18H18N4O3/c1-2-25-18(24)21-11-14-10-13(7-8-19-14)17(23)22-15-5-3-4-12-6-9-20-16(12)15/h3-10,20H,2,11H2,1H3,(H,21,24)(H,22,23). The van der Waals surface area contributed by atoms with Crippen LogP contribution in [0.1, 0.15) is 23.0 Å². The largest absolute Gasteiger partial charge is 0.450 e. The molecule has 2 amide bonds. The van der Waals surface area contributed by atoms with E-state index in [1.54, 1.807) is 19.1 Å². The van der Waals surface area contributed by atoms with Gasteiger partial charge in [-0.25, -0.2) is 4.79 Å². The average Bonchev–Trinajstić information content (AvgIpc) is 3.10. The van der Waals surface area contributed by atoms with E-state index in [2.05, 4.69) is 20.6 Å². The van der Waals surface area contributed by atoms with E-state index in [1.807, 2.05) is 30.5 Å². The molecule has 7 heteroatoms. The molecule has 25 heavy (non-hydrogen) atoms. The number of H-pyrrole nitrogens is 1. The lowest BCUT2D eigenvalue weighted by molar-refractivity contribution is 0.102. The minimum Gasteiger partial charge on any atom is -0.450 e. The third-order valence-corrected chi connectivity index (χ3v) is 3.60. The minimum atomic E-state index is -0.516. The van der Waals surface area contributed by atoms with Gasteiger partial charge in [0.2, 0.25) is 0 Å². The molecule has 0 spiro atoms. The lowest BCUT2D eigenvalue weighted by Gasteiger charge is -2.08. The molecular weight excluding hydrogens is 320 g/mol. The molecule has 0 unspecified atom stereocenters. The number of para-hydroxylation sites is 1. The Morgan fingerprint density at radius 2 is 2.12 bits per heavy atom. The summed E-state index contributed by atoms with van der Waals surface area (Å²) in [7, 11) is 0. The van der Waals surface area contributed by atoms with E-state index < -0.39 is 6.09 Å². The zero-order chi connectivity index (χ0) is 17.6. The second-order valence-corrected chi connectivity index (χ2v) is 5.31. The fraction of sp³-hybridized carbons (Fsp3) is 0.167. The number of nitrogens with zero attached hydrogens (tertiary/aromatic N) is 1. The van der Waals surface area contributed by atoms with Crippen molar-refractivity contribution in [2.45, 2.75) is 13.5 Å². The second kappa shape index (κ2) is 7.48. The first-order valence-corrected chi connectivity index (χ1v) is 7.90. The maximum absolute atomic E-state index is 12.5. The number of amides is 2. The Balaban J connectivity index is 1.71. The highest BCUT2D eigenvalue weighted by Gasteiger charge is 2.10. The summed E-state index contributed by atoms with van der Waals surface area (Å²) in [6, 6.07) is 10.9. The molecule has 2 heterocycles. The molecule has 0 fully saturated rings. The summed E-state index contributed by atoms with van der Waals surface area (Å²) < 4.78 is 4.79. The zero-order valence-corrected chi connectivity index (χ0v) is 13.7. The predicted octanol–water partition coefficient (Wildman–Crippen LogP) is 3.06. The molecular formula is C18H18N4O3. The van der Waals surface area contributed by atoms with Crippen molar-refractivity contribution in [1.82, 2.24) is 15.3 Å². The van der Waals surface area contributed by atoms with Crippen molar-refractivity contribution in [1.29, 1.82) is 0 Å². The van der Waals surface area contributed by atoms with Crippen molar-refractivity contribution in [3.63, 3.8) is 0 Å². The number of pyridine rings is 1. The fourth-order valence-corrected chi connectivity index (χ4v) is 2.44. The van der Waals surface area contributed by atoms with E-state index in [1.165, 1.54) is 6.20 Å². The van der Waals surface area contributed by atoms with Crippen LogP contribution in [0.3, 0.4) is 0 Å². The van der Waals surface area contributed by atoms with Gasteiger partial charge in [0.25, 0.3) is 5.91 Å². The number of anilines is 1. The van der Waals surface area contributed by atoms with Crippen LogP contribution in [0.2, 0.25) is 0 Å². The number of benzene rings is 1. The van der Waals surface area contributed by atoms with Gasteiger partial charge in [0, 0.05) is 23.3 Å². The highest BCUT2D eigenvalue weighted by Crippen LogP contribution is 2.22.